The van der Waals surface area contributed by atoms with E-state index in [2.05, 4.69) is 26.2 Å². The number of carbonyl (C=O) groups excluding carboxylic acids is 3. The van der Waals surface area contributed by atoms with Crippen LogP contribution in [0.15, 0.2) is 48.1 Å². The molecule has 2 aromatic heterocycles. The molecule has 0 aliphatic carbocycles. The number of nitrogens with one attached hydrogen (secondary N) is 2. The molecule has 0 unspecified atom stereocenters. The molecule has 1 aliphatic rings. The molecule has 0 spiro atoms. The molecule has 0 radical (unpaired) electrons. The smallest absolute Gasteiger partial charge is 0.325 e. The Morgan fingerprint density at radius 3 is 2.83 bits per heavy atom. The third-order valence-corrected chi connectivity index (χ3v) is 6.02. The number of aromatic nitrogens is 4. The van der Waals surface area contributed by atoms with Gasteiger partial charge in [-0.25, -0.2) is 9.48 Å². The monoisotopic (exact) mass is 425 g/mol. The highest BCUT2D eigenvalue weighted by atomic mass is 32.1. The number of amides is 4. The van der Waals surface area contributed by atoms with Crippen molar-refractivity contribution in [2.45, 2.75) is 25.4 Å². The van der Waals surface area contributed by atoms with Crippen molar-refractivity contribution in [2.24, 2.45) is 0 Å². The van der Waals surface area contributed by atoms with Crippen LogP contribution in [0.2, 0.25) is 0 Å². The molecule has 2 N–H and O–H groups in total. The van der Waals surface area contributed by atoms with Gasteiger partial charge in [0.15, 0.2) is 0 Å². The van der Waals surface area contributed by atoms with Gasteiger partial charge in [0.05, 0.1) is 11.7 Å². The van der Waals surface area contributed by atoms with Gasteiger partial charge >= 0.3 is 6.03 Å². The van der Waals surface area contributed by atoms with Crippen LogP contribution in [0, 0.1) is 0 Å². The molecule has 3 heterocycles. The Morgan fingerprint density at radius 2 is 2.13 bits per heavy atom. The molecule has 1 aromatic carbocycles. The molecule has 4 amide bonds. The van der Waals surface area contributed by atoms with Crippen molar-refractivity contribution in [3.8, 4) is 5.69 Å². The van der Waals surface area contributed by atoms with Crippen LogP contribution in [0.1, 0.15) is 30.3 Å². The SMILES string of the molecule is C[C@@H](NC(=O)CN1C(=O)N[C@](C)(c2cccc(-n3cnnn3)c2)C1=O)c1cccs1. The van der Waals surface area contributed by atoms with Crippen LogP contribution in [-0.2, 0) is 15.1 Å². The van der Waals surface area contributed by atoms with E-state index in [0.717, 1.165) is 9.78 Å². The number of imide groups is 1. The van der Waals surface area contributed by atoms with Crippen molar-refractivity contribution in [1.29, 1.82) is 0 Å². The van der Waals surface area contributed by atoms with Crippen molar-refractivity contribution in [3.63, 3.8) is 0 Å². The van der Waals surface area contributed by atoms with Gasteiger partial charge in [-0.15, -0.1) is 16.4 Å². The summed E-state index contributed by atoms with van der Waals surface area (Å²) in [5.41, 5.74) is -0.105. The van der Waals surface area contributed by atoms with Gasteiger partial charge in [-0.3, -0.25) is 14.5 Å². The Bertz CT molecular complexity index is 1080. The number of carbonyl (C=O) groups is 3. The summed E-state index contributed by atoms with van der Waals surface area (Å²) in [7, 11) is 0. The average Bonchev–Trinajstić information content (AvgIpc) is 3.48. The second kappa shape index (κ2) is 7.67. The number of thiophene rings is 1. The van der Waals surface area contributed by atoms with Crippen LogP contribution in [0.5, 0.6) is 0 Å². The van der Waals surface area contributed by atoms with E-state index in [1.165, 1.54) is 22.3 Å². The van der Waals surface area contributed by atoms with E-state index in [1.807, 2.05) is 24.4 Å². The van der Waals surface area contributed by atoms with E-state index in [0.29, 0.717) is 11.3 Å². The van der Waals surface area contributed by atoms with Gasteiger partial charge in [0.2, 0.25) is 5.91 Å². The number of hydrogen-bond donors (Lipinski definition) is 2. The first-order chi connectivity index (χ1) is 14.4. The first kappa shape index (κ1) is 19.7. The van der Waals surface area contributed by atoms with E-state index in [4.69, 9.17) is 0 Å². The molecule has 4 rings (SSSR count). The number of nitrogens with zero attached hydrogens (tertiary/aromatic N) is 5. The van der Waals surface area contributed by atoms with Crippen LogP contribution in [-0.4, -0.2) is 49.5 Å². The summed E-state index contributed by atoms with van der Waals surface area (Å²) in [4.78, 5) is 40.0. The fraction of sp³-hybridized carbons (Fsp3) is 0.263. The molecule has 0 saturated carbocycles. The van der Waals surface area contributed by atoms with E-state index < -0.39 is 23.4 Å². The summed E-state index contributed by atoms with van der Waals surface area (Å²) in [6.07, 6.45) is 1.43. The summed E-state index contributed by atoms with van der Waals surface area (Å²) < 4.78 is 1.45. The number of benzene rings is 1. The van der Waals surface area contributed by atoms with E-state index in [1.54, 1.807) is 31.2 Å². The van der Waals surface area contributed by atoms with Gasteiger partial charge in [0, 0.05) is 4.88 Å². The number of urea groups is 1. The maximum atomic E-state index is 13.1. The third-order valence-electron chi connectivity index (χ3n) is 4.96. The molecule has 1 saturated heterocycles. The van der Waals surface area contributed by atoms with Crippen LogP contribution in [0.25, 0.3) is 5.69 Å². The molecule has 1 fully saturated rings. The largest absolute Gasteiger partial charge is 0.347 e. The highest BCUT2D eigenvalue weighted by Gasteiger charge is 2.49. The van der Waals surface area contributed by atoms with E-state index in [9.17, 15) is 14.4 Å². The highest BCUT2D eigenvalue weighted by Crippen LogP contribution is 2.30. The summed E-state index contributed by atoms with van der Waals surface area (Å²) in [5, 5.41) is 18.5. The molecule has 10 nitrogen and oxygen atoms in total. The van der Waals surface area contributed by atoms with Crippen LogP contribution < -0.4 is 10.6 Å². The first-order valence-electron chi connectivity index (χ1n) is 9.19. The Labute approximate surface area is 175 Å². The maximum absolute atomic E-state index is 13.1. The summed E-state index contributed by atoms with van der Waals surface area (Å²) >= 11 is 1.52. The maximum Gasteiger partial charge on any atom is 0.325 e. The topological polar surface area (TPSA) is 122 Å². The lowest BCUT2D eigenvalue weighted by Gasteiger charge is -2.23. The summed E-state index contributed by atoms with van der Waals surface area (Å²) in [5.74, 6) is -0.911. The van der Waals surface area contributed by atoms with E-state index in [-0.39, 0.29) is 12.6 Å². The Kier molecular flexibility index (Phi) is 5.04. The average molecular weight is 425 g/mol. The predicted octanol–water partition coefficient (Wildman–Crippen LogP) is 1.37. The molecule has 1 aliphatic heterocycles. The molecular weight excluding hydrogens is 406 g/mol. The standard InChI is InChI=1S/C19H19N7O3S/c1-12(15-7-4-8-30-15)21-16(27)10-25-17(28)19(2,22-18(25)29)13-5-3-6-14(9-13)26-11-20-23-24-26/h3-9,11-12H,10H2,1-2H3,(H,21,27)(H,22,29)/t12-,19-/m1/s1. The van der Waals surface area contributed by atoms with Gasteiger partial charge in [-0.05, 0) is 53.4 Å². The van der Waals surface area contributed by atoms with Gasteiger partial charge in [-0.1, -0.05) is 18.2 Å². The molecule has 3 aromatic rings. The molecule has 154 valence electrons. The van der Waals surface area contributed by atoms with Crippen molar-refractivity contribution in [3.05, 3.63) is 58.5 Å². The minimum absolute atomic E-state index is 0.211. The van der Waals surface area contributed by atoms with Gasteiger partial charge in [0.25, 0.3) is 5.91 Å². The second-order valence-electron chi connectivity index (χ2n) is 7.06. The van der Waals surface area contributed by atoms with Crippen LogP contribution in [0.4, 0.5) is 4.79 Å². The van der Waals surface area contributed by atoms with Gasteiger partial charge in [0.1, 0.15) is 18.4 Å². The Morgan fingerprint density at radius 1 is 1.30 bits per heavy atom. The fourth-order valence-electron chi connectivity index (χ4n) is 3.31. The number of tetrazole rings is 1. The minimum atomic E-state index is -1.30. The molecule has 0 bridgehead atoms. The minimum Gasteiger partial charge on any atom is -0.347 e. The van der Waals surface area contributed by atoms with Gasteiger partial charge in [-0.2, -0.15) is 0 Å². The zero-order valence-electron chi connectivity index (χ0n) is 16.3. The highest BCUT2D eigenvalue weighted by molar-refractivity contribution is 7.10. The third kappa shape index (κ3) is 3.54. The lowest BCUT2D eigenvalue weighted by Crippen LogP contribution is -2.43. The normalized spacial score (nSPS) is 19.6. The fourth-order valence-corrected chi connectivity index (χ4v) is 4.05. The van der Waals surface area contributed by atoms with Crippen molar-refractivity contribution >= 4 is 29.2 Å². The van der Waals surface area contributed by atoms with Crippen molar-refractivity contribution in [1.82, 2.24) is 35.7 Å². The second-order valence-corrected chi connectivity index (χ2v) is 8.04. The van der Waals surface area contributed by atoms with Crippen LogP contribution in [0.3, 0.4) is 0 Å². The molecule has 2 atom stereocenters. The Balaban J connectivity index is 1.51. The predicted molar refractivity (Wildman–Crippen MR) is 108 cm³/mol. The number of hydrogen-bond acceptors (Lipinski definition) is 7. The number of rotatable bonds is 6. The quantitative estimate of drug-likeness (QED) is 0.575. The van der Waals surface area contributed by atoms with Gasteiger partial charge < -0.3 is 10.6 Å². The summed E-state index contributed by atoms with van der Waals surface area (Å²) in [6.45, 7) is 3.10. The molecule has 30 heavy (non-hydrogen) atoms. The van der Waals surface area contributed by atoms with Crippen molar-refractivity contribution in [2.75, 3.05) is 6.54 Å². The zero-order valence-corrected chi connectivity index (χ0v) is 17.1. The van der Waals surface area contributed by atoms with E-state index >= 15 is 0 Å². The lowest BCUT2D eigenvalue weighted by atomic mass is 9.91. The van der Waals surface area contributed by atoms with Crippen molar-refractivity contribution < 1.29 is 14.4 Å². The van der Waals surface area contributed by atoms with Crippen LogP contribution >= 0.6 is 11.3 Å². The molecule has 11 heteroatoms. The lowest BCUT2D eigenvalue weighted by molar-refractivity contribution is -0.135. The Hall–Kier alpha value is -3.60. The first-order valence-corrected chi connectivity index (χ1v) is 10.1. The summed E-state index contributed by atoms with van der Waals surface area (Å²) in [6, 6.07) is 9.96. The zero-order chi connectivity index (χ0) is 21.3. The molecular formula is C19H19N7O3S.